The number of rotatable bonds is 2. The van der Waals surface area contributed by atoms with Gasteiger partial charge in [0.05, 0.1) is 0 Å². The average Bonchev–Trinajstić information content (AvgIpc) is 3.51. The second-order valence-corrected chi connectivity index (χ2v) is 11.6. The van der Waals surface area contributed by atoms with Gasteiger partial charge in [-0.2, -0.15) is 0 Å². The van der Waals surface area contributed by atoms with Crippen molar-refractivity contribution in [1.82, 2.24) is 9.80 Å². The maximum atomic E-state index is 14.3. The summed E-state index contributed by atoms with van der Waals surface area (Å²) in [6.07, 6.45) is 4.09. The fourth-order valence-electron chi connectivity index (χ4n) is 7.96. The molecule has 5 heterocycles. The van der Waals surface area contributed by atoms with Crippen molar-refractivity contribution in [3.8, 4) is 0 Å². The van der Waals surface area contributed by atoms with E-state index in [-0.39, 0.29) is 35.0 Å². The fraction of sp³-hybridized carbons (Fsp3) is 0.448. The number of carbonyl (C=O) groups is 2. The van der Waals surface area contributed by atoms with Gasteiger partial charge in [0.25, 0.3) is 0 Å². The van der Waals surface area contributed by atoms with E-state index in [9.17, 15) is 9.59 Å². The van der Waals surface area contributed by atoms with Gasteiger partial charge in [-0.15, -0.1) is 0 Å². The Kier molecular flexibility index (Phi) is 4.02. The lowest BCUT2D eigenvalue weighted by Crippen LogP contribution is -2.66. The third-order valence-electron chi connectivity index (χ3n) is 9.46. The molecule has 3 saturated heterocycles. The molecule has 6 atom stereocenters. The molecule has 6 nitrogen and oxygen atoms in total. The molecular weight excluding hydrogens is 436 g/mol. The van der Waals surface area contributed by atoms with Crippen LogP contribution in [0.5, 0.6) is 0 Å². The zero-order valence-corrected chi connectivity index (χ0v) is 20.8. The van der Waals surface area contributed by atoms with Crippen LogP contribution in [0, 0.1) is 0 Å². The van der Waals surface area contributed by atoms with Crippen molar-refractivity contribution in [2.45, 2.75) is 75.3 Å². The highest BCUT2D eigenvalue weighted by atomic mass is 16.2. The van der Waals surface area contributed by atoms with E-state index in [0.29, 0.717) is 12.8 Å². The first kappa shape index (κ1) is 21.0. The maximum absolute atomic E-state index is 14.3. The van der Waals surface area contributed by atoms with Gasteiger partial charge in [0.1, 0.15) is 24.4 Å². The van der Waals surface area contributed by atoms with Gasteiger partial charge >= 0.3 is 0 Å². The first-order valence-corrected chi connectivity index (χ1v) is 12.7. The lowest BCUT2D eigenvalue weighted by atomic mass is 9.75. The van der Waals surface area contributed by atoms with E-state index < -0.39 is 12.1 Å². The Morgan fingerprint density at radius 1 is 0.971 bits per heavy atom. The van der Waals surface area contributed by atoms with Crippen LogP contribution in [0.4, 0.5) is 11.4 Å². The van der Waals surface area contributed by atoms with E-state index in [4.69, 9.17) is 0 Å². The Bertz CT molecular complexity index is 1320. The summed E-state index contributed by atoms with van der Waals surface area (Å²) in [5.74, 6) is 0.203. The number of nitrogens with zero attached hydrogens (tertiary/aromatic N) is 3. The molecule has 2 amide bonds. The van der Waals surface area contributed by atoms with Crippen LogP contribution in [-0.2, 0) is 20.4 Å². The van der Waals surface area contributed by atoms with Crippen molar-refractivity contribution >= 4 is 23.2 Å². The van der Waals surface area contributed by atoms with Crippen LogP contribution in [-0.4, -0.2) is 53.1 Å². The summed E-state index contributed by atoms with van der Waals surface area (Å²) in [6.45, 7) is 6.45. The van der Waals surface area contributed by atoms with Gasteiger partial charge in [0, 0.05) is 29.3 Å². The molecule has 0 radical (unpaired) electrons. The van der Waals surface area contributed by atoms with Crippen LogP contribution in [0.2, 0.25) is 0 Å². The van der Waals surface area contributed by atoms with Crippen molar-refractivity contribution in [2.75, 3.05) is 17.3 Å². The van der Waals surface area contributed by atoms with E-state index in [0.717, 1.165) is 12.1 Å². The van der Waals surface area contributed by atoms with Crippen molar-refractivity contribution in [3.63, 3.8) is 0 Å². The first-order chi connectivity index (χ1) is 16.8. The van der Waals surface area contributed by atoms with Crippen LogP contribution in [0.1, 0.15) is 51.2 Å². The number of likely N-dealkylation sites (N-methyl/N-ethyl adjacent to an activating group) is 1. The zero-order chi connectivity index (χ0) is 24.3. The largest absolute Gasteiger partial charge is 0.364 e. The van der Waals surface area contributed by atoms with Gasteiger partial charge in [-0.05, 0) is 56.4 Å². The minimum atomic E-state index is -0.432. The minimum Gasteiger partial charge on any atom is -0.364 e. The van der Waals surface area contributed by atoms with E-state index in [1.54, 1.807) is 0 Å². The summed E-state index contributed by atoms with van der Waals surface area (Å²) in [5.41, 5.74) is 5.44. The minimum absolute atomic E-state index is 0.0977. The number of hydrogen-bond acceptors (Lipinski definition) is 4. The summed E-state index contributed by atoms with van der Waals surface area (Å²) in [4.78, 5) is 34.7. The lowest BCUT2D eigenvalue weighted by molar-refractivity contribution is -0.160. The molecule has 0 bridgehead atoms. The number of anilines is 2. The molecule has 1 N–H and O–H groups in total. The van der Waals surface area contributed by atoms with Crippen molar-refractivity contribution < 1.29 is 9.59 Å². The number of piperazine rings is 1. The van der Waals surface area contributed by atoms with Gasteiger partial charge in [0.2, 0.25) is 11.8 Å². The Morgan fingerprint density at radius 2 is 1.63 bits per heavy atom. The lowest BCUT2D eigenvalue weighted by Gasteiger charge is -2.44. The average molecular weight is 469 g/mol. The highest BCUT2D eigenvalue weighted by Gasteiger charge is 2.69. The molecule has 0 aliphatic carbocycles. The maximum Gasteiger partial charge on any atom is 0.247 e. The molecule has 7 rings (SSSR count). The number of benzene rings is 2. The van der Waals surface area contributed by atoms with Crippen molar-refractivity contribution in [2.24, 2.45) is 0 Å². The van der Waals surface area contributed by atoms with Crippen LogP contribution < -0.4 is 10.2 Å². The molecule has 5 aliphatic rings. The number of fused-ring (bicyclic) bond motifs is 10. The number of carbonyl (C=O) groups excluding carboxylic acids is 2. The van der Waals surface area contributed by atoms with Crippen LogP contribution in [0.15, 0.2) is 60.2 Å². The predicted molar refractivity (Wildman–Crippen MR) is 136 cm³/mol. The topological polar surface area (TPSA) is 55.9 Å². The fourth-order valence-corrected chi connectivity index (χ4v) is 7.96. The SMILES string of the molecule is CC(C)=CC[C@]12C[C@@H]3C(=O)N4[C@@H](C[C@@]5(C)c6ccccc6N[C@@H]45)C(=O)N3[C@H]1N(C)c1ccccc12. The van der Waals surface area contributed by atoms with E-state index in [1.807, 2.05) is 15.9 Å². The Balaban J connectivity index is 1.33. The molecule has 2 aromatic rings. The summed E-state index contributed by atoms with van der Waals surface area (Å²) < 4.78 is 0. The molecule has 3 fully saturated rings. The molecule has 2 aromatic carbocycles. The summed E-state index contributed by atoms with van der Waals surface area (Å²) >= 11 is 0. The van der Waals surface area contributed by atoms with Crippen molar-refractivity contribution in [1.29, 1.82) is 0 Å². The van der Waals surface area contributed by atoms with Crippen molar-refractivity contribution in [3.05, 3.63) is 71.3 Å². The molecular formula is C29H32N4O2. The number of hydrogen-bond donors (Lipinski definition) is 1. The normalized spacial score (nSPS) is 35.7. The molecule has 0 saturated carbocycles. The Labute approximate surface area is 206 Å². The van der Waals surface area contributed by atoms with E-state index in [1.165, 1.54) is 22.4 Å². The monoisotopic (exact) mass is 468 g/mol. The van der Waals surface area contributed by atoms with Crippen LogP contribution in [0.25, 0.3) is 0 Å². The molecule has 180 valence electrons. The predicted octanol–water partition coefficient (Wildman–Crippen LogP) is 3.98. The Morgan fingerprint density at radius 3 is 2.40 bits per heavy atom. The highest BCUT2D eigenvalue weighted by Crippen LogP contribution is 2.59. The number of allylic oxidation sites excluding steroid dienone is 2. The van der Waals surface area contributed by atoms with Gasteiger partial charge < -0.3 is 20.0 Å². The summed E-state index contributed by atoms with van der Waals surface area (Å²) in [7, 11) is 2.09. The second-order valence-electron chi connectivity index (χ2n) is 11.6. The van der Waals surface area contributed by atoms with Gasteiger partial charge in [-0.3, -0.25) is 9.59 Å². The zero-order valence-electron chi connectivity index (χ0n) is 20.8. The standard InChI is InChI=1S/C29H32N4O2/c1-17(2)13-14-29-16-23-24(34)32-22(15-28(3)18-9-5-7-11-20(18)30-26(28)32)25(35)33(23)27(29)31(4)21-12-8-6-10-19(21)29/h5-13,22-23,26-27,30H,14-16H2,1-4H3/t22-,23+,26-,27+,28-,29+/m0/s1. The van der Waals surface area contributed by atoms with Crippen LogP contribution in [0.3, 0.4) is 0 Å². The highest BCUT2D eigenvalue weighted by molar-refractivity contribution is 6.00. The van der Waals surface area contributed by atoms with Gasteiger partial charge in [0.15, 0.2) is 0 Å². The number of nitrogens with one attached hydrogen (secondary N) is 1. The molecule has 35 heavy (non-hydrogen) atoms. The molecule has 0 unspecified atom stereocenters. The van der Waals surface area contributed by atoms with Crippen LogP contribution >= 0.6 is 0 Å². The summed E-state index contributed by atoms with van der Waals surface area (Å²) in [5, 5.41) is 3.61. The van der Waals surface area contributed by atoms with Gasteiger partial charge in [-0.25, -0.2) is 0 Å². The van der Waals surface area contributed by atoms with Gasteiger partial charge in [-0.1, -0.05) is 55.0 Å². The summed E-state index contributed by atoms with van der Waals surface area (Å²) in [6, 6.07) is 15.9. The molecule has 5 aliphatic heterocycles. The van der Waals surface area contributed by atoms with E-state index >= 15 is 0 Å². The quantitative estimate of drug-likeness (QED) is 0.678. The number of amides is 2. The Hall–Kier alpha value is -3.28. The van der Waals surface area contributed by atoms with E-state index in [2.05, 4.69) is 86.6 Å². The number of para-hydroxylation sites is 2. The second kappa shape index (κ2) is 6.68. The smallest absolute Gasteiger partial charge is 0.247 e. The third kappa shape index (κ3) is 2.40. The first-order valence-electron chi connectivity index (χ1n) is 12.7. The molecule has 6 heteroatoms. The molecule has 0 spiro atoms. The third-order valence-corrected chi connectivity index (χ3v) is 9.46. The molecule has 0 aromatic heterocycles.